The molecule has 4 nitrogen and oxygen atoms in total. The number of hydrogen-bond donors (Lipinski definition) is 2. The average molecular weight is 333 g/mol. The molecule has 1 fully saturated rings. The van der Waals surface area contributed by atoms with Gasteiger partial charge in [-0.1, -0.05) is 48.5 Å². The van der Waals surface area contributed by atoms with Crippen molar-refractivity contribution in [3.8, 4) is 0 Å². The van der Waals surface area contributed by atoms with Crippen LogP contribution in [0.2, 0.25) is 0 Å². The molecule has 1 saturated heterocycles. The van der Waals surface area contributed by atoms with E-state index < -0.39 is 6.04 Å². The Morgan fingerprint density at radius 2 is 1.92 bits per heavy atom. The third-order valence-corrected chi connectivity index (χ3v) is 5.20. The Kier molecular flexibility index (Phi) is 4.28. The molecule has 2 atom stereocenters. The first-order valence-corrected chi connectivity index (χ1v) is 8.86. The molecule has 3 aromatic rings. The normalized spacial score (nSPS) is 18.6. The molecule has 0 spiro atoms. The Bertz CT molecular complexity index is 871. The minimum Gasteiger partial charge on any atom is -0.361 e. The number of benzene rings is 2. The van der Waals surface area contributed by atoms with Gasteiger partial charge in [0.25, 0.3) is 0 Å². The van der Waals surface area contributed by atoms with Gasteiger partial charge < -0.3 is 15.6 Å². The summed E-state index contributed by atoms with van der Waals surface area (Å²) in [6.07, 6.45) is 3.54. The topological polar surface area (TPSA) is 62.1 Å². The monoisotopic (exact) mass is 333 g/mol. The summed E-state index contributed by atoms with van der Waals surface area (Å²) in [7, 11) is 0. The fraction of sp³-hybridized carbons (Fsp3) is 0.286. The summed E-state index contributed by atoms with van der Waals surface area (Å²) in [5.74, 6) is 0.481. The lowest BCUT2D eigenvalue weighted by atomic mass is 9.99. The molecule has 25 heavy (non-hydrogen) atoms. The molecule has 1 aliphatic rings. The zero-order valence-electron chi connectivity index (χ0n) is 14.2. The van der Waals surface area contributed by atoms with Gasteiger partial charge in [-0.15, -0.1) is 0 Å². The van der Waals surface area contributed by atoms with Crippen LogP contribution in [0, 0.1) is 0 Å². The van der Waals surface area contributed by atoms with Gasteiger partial charge >= 0.3 is 0 Å². The number of aromatic nitrogens is 1. The molecule has 4 rings (SSSR count). The highest BCUT2D eigenvalue weighted by molar-refractivity contribution is 5.86. The lowest BCUT2D eigenvalue weighted by molar-refractivity contribution is -0.131. The van der Waals surface area contributed by atoms with Crippen molar-refractivity contribution in [2.24, 2.45) is 5.73 Å². The Morgan fingerprint density at radius 3 is 2.76 bits per heavy atom. The molecule has 2 heterocycles. The van der Waals surface area contributed by atoms with Crippen molar-refractivity contribution >= 4 is 16.8 Å². The van der Waals surface area contributed by atoms with Crippen LogP contribution in [-0.4, -0.2) is 34.9 Å². The molecule has 4 heteroatoms. The van der Waals surface area contributed by atoms with Crippen LogP contribution in [0.4, 0.5) is 0 Å². The zero-order valence-corrected chi connectivity index (χ0v) is 14.2. The summed E-state index contributed by atoms with van der Waals surface area (Å²) >= 11 is 0. The molecule has 0 bridgehead atoms. The Morgan fingerprint density at radius 1 is 1.16 bits per heavy atom. The Hall–Kier alpha value is -2.59. The number of likely N-dealkylation sites (tertiary alicyclic amines) is 1. The van der Waals surface area contributed by atoms with Crippen LogP contribution in [0.25, 0.3) is 10.9 Å². The average Bonchev–Trinajstić information content (AvgIpc) is 3.30. The number of aromatic amines is 1. The lowest BCUT2D eigenvalue weighted by Gasteiger charge is -2.21. The van der Waals surface area contributed by atoms with E-state index in [1.54, 1.807) is 0 Å². The second kappa shape index (κ2) is 6.73. The fourth-order valence-corrected chi connectivity index (χ4v) is 3.82. The first-order valence-electron chi connectivity index (χ1n) is 8.86. The van der Waals surface area contributed by atoms with Gasteiger partial charge in [0, 0.05) is 36.1 Å². The minimum atomic E-state index is -0.492. The highest BCUT2D eigenvalue weighted by Crippen LogP contribution is 2.27. The van der Waals surface area contributed by atoms with Crippen molar-refractivity contribution in [1.82, 2.24) is 9.88 Å². The van der Waals surface area contributed by atoms with Crippen LogP contribution in [0.15, 0.2) is 60.8 Å². The maximum Gasteiger partial charge on any atom is 0.239 e. The molecule has 1 amide bonds. The van der Waals surface area contributed by atoms with Crippen molar-refractivity contribution in [2.75, 3.05) is 13.1 Å². The first kappa shape index (κ1) is 15.9. The summed E-state index contributed by atoms with van der Waals surface area (Å²) in [6, 6.07) is 18.1. The SMILES string of the molecule is N[C@@H](Cc1c[nH]c2ccccc12)C(=O)N1CCC(c2ccccc2)C1. The predicted molar refractivity (Wildman–Crippen MR) is 100 cm³/mol. The number of rotatable bonds is 4. The quantitative estimate of drug-likeness (QED) is 0.771. The smallest absolute Gasteiger partial charge is 0.239 e. The van der Waals surface area contributed by atoms with Crippen LogP contribution in [-0.2, 0) is 11.2 Å². The highest BCUT2D eigenvalue weighted by Gasteiger charge is 2.30. The Balaban J connectivity index is 1.42. The lowest BCUT2D eigenvalue weighted by Crippen LogP contribution is -2.43. The fourth-order valence-electron chi connectivity index (χ4n) is 3.82. The van der Waals surface area contributed by atoms with E-state index in [1.165, 1.54) is 5.56 Å². The first-order chi connectivity index (χ1) is 12.2. The third-order valence-electron chi connectivity index (χ3n) is 5.20. The van der Waals surface area contributed by atoms with E-state index in [9.17, 15) is 4.79 Å². The largest absolute Gasteiger partial charge is 0.361 e. The maximum atomic E-state index is 12.8. The third kappa shape index (κ3) is 3.17. The van der Waals surface area contributed by atoms with Crippen molar-refractivity contribution in [1.29, 1.82) is 0 Å². The summed E-state index contributed by atoms with van der Waals surface area (Å²) in [6.45, 7) is 1.56. The molecule has 2 aromatic carbocycles. The van der Waals surface area contributed by atoms with Crippen LogP contribution < -0.4 is 5.73 Å². The van der Waals surface area contributed by atoms with Gasteiger partial charge in [-0.05, 0) is 30.0 Å². The summed E-state index contributed by atoms with van der Waals surface area (Å²) in [4.78, 5) is 18.0. The van der Waals surface area contributed by atoms with Gasteiger partial charge in [0.05, 0.1) is 6.04 Å². The zero-order chi connectivity index (χ0) is 17.2. The number of hydrogen-bond acceptors (Lipinski definition) is 2. The Labute approximate surface area is 147 Å². The van der Waals surface area contributed by atoms with Gasteiger partial charge in [0.2, 0.25) is 5.91 Å². The summed E-state index contributed by atoms with van der Waals surface area (Å²) < 4.78 is 0. The van der Waals surface area contributed by atoms with Crippen molar-refractivity contribution in [3.63, 3.8) is 0 Å². The number of H-pyrrole nitrogens is 1. The number of nitrogens with two attached hydrogens (primary N) is 1. The summed E-state index contributed by atoms with van der Waals surface area (Å²) in [5, 5.41) is 1.15. The number of amides is 1. The van der Waals surface area contributed by atoms with Gasteiger partial charge in [-0.2, -0.15) is 0 Å². The minimum absolute atomic E-state index is 0.0590. The number of nitrogens with zero attached hydrogens (tertiary/aromatic N) is 1. The van der Waals surface area contributed by atoms with E-state index in [-0.39, 0.29) is 5.91 Å². The molecule has 0 aliphatic carbocycles. The van der Waals surface area contributed by atoms with E-state index in [0.29, 0.717) is 12.3 Å². The van der Waals surface area contributed by atoms with Crippen LogP contribution in [0.5, 0.6) is 0 Å². The van der Waals surface area contributed by atoms with Gasteiger partial charge in [-0.3, -0.25) is 4.79 Å². The van der Waals surface area contributed by atoms with E-state index in [2.05, 4.69) is 35.3 Å². The number of para-hydroxylation sites is 1. The maximum absolute atomic E-state index is 12.8. The second-order valence-corrected chi connectivity index (χ2v) is 6.85. The predicted octanol–water partition coefficient (Wildman–Crippen LogP) is 3.05. The molecule has 3 N–H and O–H groups in total. The van der Waals surface area contributed by atoms with E-state index in [4.69, 9.17) is 5.73 Å². The van der Waals surface area contributed by atoms with Crippen LogP contribution in [0.1, 0.15) is 23.5 Å². The number of carbonyl (C=O) groups excluding carboxylic acids is 1. The van der Waals surface area contributed by atoms with Crippen molar-refractivity contribution in [2.45, 2.75) is 24.8 Å². The second-order valence-electron chi connectivity index (χ2n) is 6.85. The van der Waals surface area contributed by atoms with Gasteiger partial charge in [0.1, 0.15) is 0 Å². The standard InChI is InChI=1S/C21H23N3O/c22-19(12-17-13-23-20-9-5-4-8-18(17)20)21(25)24-11-10-16(14-24)15-6-2-1-3-7-15/h1-9,13,16,19,23H,10-12,14,22H2/t16?,19-/m0/s1. The van der Waals surface area contributed by atoms with Crippen molar-refractivity contribution < 1.29 is 4.79 Å². The van der Waals surface area contributed by atoms with E-state index >= 15 is 0 Å². The molecule has 0 radical (unpaired) electrons. The van der Waals surface area contributed by atoms with Crippen LogP contribution in [0.3, 0.4) is 0 Å². The summed E-state index contributed by atoms with van der Waals surface area (Å²) in [5.41, 5.74) is 9.76. The molecule has 1 unspecified atom stereocenters. The number of fused-ring (bicyclic) bond motifs is 1. The van der Waals surface area contributed by atoms with Crippen molar-refractivity contribution in [3.05, 3.63) is 71.9 Å². The highest BCUT2D eigenvalue weighted by atomic mass is 16.2. The van der Waals surface area contributed by atoms with Crippen LogP contribution >= 0.6 is 0 Å². The van der Waals surface area contributed by atoms with E-state index in [1.807, 2.05) is 35.4 Å². The molecule has 128 valence electrons. The molecular weight excluding hydrogens is 310 g/mol. The van der Waals surface area contributed by atoms with Gasteiger partial charge in [0.15, 0.2) is 0 Å². The van der Waals surface area contributed by atoms with Gasteiger partial charge in [-0.25, -0.2) is 0 Å². The van der Waals surface area contributed by atoms with E-state index in [0.717, 1.165) is 36.0 Å². The molecule has 0 saturated carbocycles. The molecular formula is C21H23N3O. The molecule has 1 aliphatic heterocycles. The molecule has 1 aromatic heterocycles. The number of nitrogens with one attached hydrogen (secondary N) is 1. The number of carbonyl (C=O) groups is 1.